The number of pyridine rings is 2. The molecule has 0 spiro atoms. The van der Waals surface area contributed by atoms with Crippen LogP contribution in [-0.4, -0.2) is 27.0 Å². The van der Waals surface area contributed by atoms with Gasteiger partial charge in [-0.3, -0.25) is 4.79 Å². The Morgan fingerprint density at radius 3 is 2.85 bits per heavy atom. The van der Waals surface area contributed by atoms with Crippen LogP contribution in [0.3, 0.4) is 0 Å². The number of ether oxygens (including phenoxy) is 1. The second-order valence-electron chi connectivity index (χ2n) is 6.42. The Kier molecular flexibility index (Phi) is 4.06. The van der Waals surface area contributed by atoms with Crippen LogP contribution >= 0.6 is 0 Å². The Morgan fingerprint density at radius 2 is 2.12 bits per heavy atom. The molecule has 3 heterocycles. The van der Waals surface area contributed by atoms with Crippen LogP contribution in [0.4, 0.5) is 10.2 Å². The molecule has 1 amide bonds. The van der Waals surface area contributed by atoms with Crippen molar-refractivity contribution in [3.8, 4) is 17.1 Å². The van der Waals surface area contributed by atoms with Crippen LogP contribution in [0, 0.1) is 11.7 Å². The summed E-state index contributed by atoms with van der Waals surface area (Å²) in [6.45, 7) is 2.30. The molecule has 26 heavy (non-hydrogen) atoms. The molecule has 6 nitrogen and oxygen atoms in total. The van der Waals surface area contributed by atoms with E-state index in [-0.39, 0.29) is 11.8 Å². The van der Waals surface area contributed by atoms with Crippen LogP contribution in [0.25, 0.3) is 22.2 Å². The molecule has 0 unspecified atom stereocenters. The number of nitrogens with zero attached hydrogens (tertiary/aromatic N) is 3. The predicted octanol–water partition coefficient (Wildman–Crippen LogP) is 3.52. The van der Waals surface area contributed by atoms with Crippen molar-refractivity contribution in [2.75, 3.05) is 11.9 Å². The number of hydrogen-bond acceptors (Lipinski definition) is 4. The van der Waals surface area contributed by atoms with Crippen LogP contribution in [0.5, 0.6) is 5.88 Å². The number of nitrogens with one attached hydrogen (secondary N) is 1. The highest BCUT2D eigenvalue weighted by Gasteiger charge is 2.29. The summed E-state index contributed by atoms with van der Waals surface area (Å²) in [6.07, 6.45) is 4.73. The molecular weight excluding hydrogens is 335 g/mol. The van der Waals surface area contributed by atoms with E-state index in [0.29, 0.717) is 23.9 Å². The average Bonchev–Trinajstić information content (AvgIpc) is 3.42. The van der Waals surface area contributed by atoms with Gasteiger partial charge >= 0.3 is 0 Å². The minimum absolute atomic E-state index is 0.0148. The zero-order chi connectivity index (χ0) is 18.3. The normalized spacial score (nSPS) is 13.8. The minimum atomic E-state index is -0.427. The third-order valence-corrected chi connectivity index (χ3v) is 4.50. The van der Waals surface area contributed by atoms with E-state index in [1.807, 2.05) is 30.7 Å². The molecule has 0 saturated heterocycles. The van der Waals surface area contributed by atoms with Crippen molar-refractivity contribution < 1.29 is 13.9 Å². The van der Waals surface area contributed by atoms with Crippen molar-refractivity contribution in [2.24, 2.45) is 13.0 Å². The highest BCUT2D eigenvalue weighted by atomic mass is 19.1. The lowest BCUT2D eigenvalue weighted by molar-refractivity contribution is -0.117. The molecular formula is C19H19FN4O2. The van der Waals surface area contributed by atoms with Gasteiger partial charge in [-0.2, -0.15) is 0 Å². The van der Waals surface area contributed by atoms with E-state index in [2.05, 4.69) is 15.3 Å². The lowest BCUT2D eigenvalue weighted by atomic mass is 10.2. The van der Waals surface area contributed by atoms with Gasteiger partial charge in [0.1, 0.15) is 11.6 Å². The maximum atomic E-state index is 13.8. The second-order valence-corrected chi connectivity index (χ2v) is 6.42. The quantitative estimate of drug-likeness (QED) is 0.761. The first-order valence-electron chi connectivity index (χ1n) is 8.62. The molecule has 1 fully saturated rings. The number of carbonyl (C=O) groups is 1. The van der Waals surface area contributed by atoms with Gasteiger partial charge in [0, 0.05) is 18.4 Å². The van der Waals surface area contributed by atoms with Gasteiger partial charge in [0.25, 0.3) is 0 Å². The van der Waals surface area contributed by atoms with E-state index in [9.17, 15) is 9.18 Å². The number of hydrogen-bond donors (Lipinski definition) is 1. The zero-order valence-electron chi connectivity index (χ0n) is 14.6. The van der Waals surface area contributed by atoms with Crippen molar-refractivity contribution in [3.63, 3.8) is 0 Å². The molecule has 0 aromatic carbocycles. The third kappa shape index (κ3) is 3.00. The van der Waals surface area contributed by atoms with Gasteiger partial charge in [-0.15, -0.1) is 0 Å². The Bertz CT molecular complexity index is 995. The number of fused-ring (bicyclic) bond motifs is 1. The van der Waals surface area contributed by atoms with E-state index < -0.39 is 5.82 Å². The molecule has 0 bridgehead atoms. The van der Waals surface area contributed by atoms with Crippen molar-refractivity contribution in [1.29, 1.82) is 0 Å². The van der Waals surface area contributed by atoms with Gasteiger partial charge < -0.3 is 14.6 Å². The molecule has 3 aromatic rings. The van der Waals surface area contributed by atoms with Crippen molar-refractivity contribution in [3.05, 3.63) is 36.4 Å². The smallest absolute Gasteiger partial charge is 0.228 e. The van der Waals surface area contributed by atoms with E-state index in [1.165, 1.54) is 6.07 Å². The number of aryl methyl sites for hydroxylation is 1. The van der Waals surface area contributed by atoms with E-state index in [0.717, 1.165) is 35.6 Å². The van der Waals surface area contributed by atoms with Gasteiger partial charge in [-0.1, -0.05) is 0 Å². The lowest BCUT2D eigenvalue weighted by Crippen LogP contribution is -2.14. The van der Waals surface area contributed by atoms with Crippen molar-refractivity contribution >= 4 is 22.6 Å². The molecule has 1 N–H and O–H groups in total. The van der Waals surface area contributed by atoms with E-state index in [4.69, 9.17) is 4.74 Å². The molecule has 0 radical (unpaired) electrons. The topological polar surface area (TPSA) is 69.0 Å². The Morgan fingerprint density at radius 1 is 1.31 bits per heavy atom. The number of anilines is 1. The number of halogens is 1. The second kappa shape index (κ2) is 6.40. The molecule has 1 aliphatic rings. The number of rotatable bonds is 5. The molecule has 1 aliphatic carbocycles. The molecule has 1 saturated carbocycles. The first-order chi connectivity index (χ1) is 12.6. The van der Waals surface area contributed by atoms with Gasteiger partial charge in [-0.05, 0) is 38.0 Å². The van der Waals surface area contributed by atoms with Crippen LogP contribution < -0.4 is 10.1 Å². The summed E-state index contributed by atoms with van der Waals surface area (Å²) in [4.78, 5) is 20.3. The molecule has 3 aromatic heterocycles. The third-order valence-electron chi connectivity index (χ3n) is 4.50. The van der Waals surface area contributed by atoms with Gasteiger partial charge in [0.15, 0.2) is 0 Å². The summed E-state index contributed by atoms with van der Waals surface area (Å²) >= 11 is 0. The monoisotopic (exact) mass is 354 g/mol. The van der Waals surface area contributed by atoms with Gasteiger partial charge in [0.2, 0.25) is 11.8 Å². The summed E-state index contributed by atoms with van der Waals surface area (Å²) < 4.78 is 21.2. The molecule has 4 rings (SSSR count). The SMILES string of the molecule is CCOc1ncc(F)cc1-c1cc2cc(NC(=O)C3CC3)ncc2n1C. The van der Waals surface area contributed by atoms with Crippen molar-refractivity contribution in [2.45, 2.75) is 19.8 Å². The van der Waals surface area contributed by atoms with Crippen LogP contribution in [0.2, 0.25) is 0 Å². The first-order valence-corrected chi connectivity index (χ1v) is 8.62. The standard InChI is InChI=1S/C19H19FN4O2/c1-3-26-19-14(8-13(20)9-22-19)15-6-12-7-17(21-10-16(12)24(15)2)23-18(25)11-4-5-11/h6-11H,3-5H2,1-2H3,(H,21,23,25). The summed E-state index contributed by atoms with van der Waals surface area (Å²) in [5, 5.41) is 3.75. The number of carbonyl (C=O) groups excluding carboxylic acids is 1. The highest BCUT2D eigenvalue weighted by Crippen LogP contribution is 2.34. The molecule has 0 aliphatic heterocycles. The Balaban J connectivity index is 1.75. The highest BCUT2D eigenvalue weighted by molar-refractivity contribution is 5.96. The van der Waals surface area contributed by atoms with Gasteiger partial charge in [-0.25, -0.2) is 14.4 Å². The largest absolute Gasteiger partial charge is 0.477 e. The summed E-state index contributed by atoms with van der Waals surface area (Å²) in [7, 11) is 1.88. The fraction of sp³-hybridized carbons (Fsp3) is 0.316. The molecule has 0 atom stereocenters. The zero-order valence-corrected chi connectivity index (χ0v) is 14.6. The first kappa shape index (κ1) is 16.5. The van der Waals surface area contributed by atoms with E-state index in [1.54, 1.807) is 6.20 Å². The number of aromatic nitrogens is 3. The minimum Gasteiger partial charge on any atom is -0.477 e. The van der Waals surface area contributed by atoms with Crippen molar-refractivity contribution in [1.82, 2.24) is 14.5 Å². The summed E-state index contributed by atoms with van der Waals surface area (Å²) in [5.41, 5.74) is 2.22. The maximum absolute atomic E-state index is 13.8. The molecule has 134 valence electrons. The number of amides is 1. The fourth-order valence-corrected chi connectivity index (χ4v) is 3.00. The molecule has 7 heteroatoms. The lowest BCUT2D eigenvalue weighted by Gasteiger charge is -2.10. The Hall–Kier alpha value is -2.96. The summed E-state index contributed by atoms with van der Waals surface area (Å²) in [6, 6.07) is 5.16. The maximum Gasteiger partial charge on any atom is 0.228 e. The predicted molar refractivity (Wildman–Crippen MR) is 96.4 cm³/mol. The van der Waals surface area contributed by atoms with Crippen LogP contribution in [0.1, 0.15) is 19.8 Å². The van der Waals surface area contributed by atoms with Crippen LogP contribution in [-0.2, 0) is 11.8 Å². The van der Waals surface area contributed by atoms with Gasteiger partial charge in [0.05, 0.1) is 35.8 Å². The fourth-order valence-electron chi connectivity index (χ4n) is 3.00. The average molecular weight is 354 g/mol. The van der Waals surface area contributed by atoms with E-state index >= 15 is 0 Å². The summed E-state index contributed by atoms with van der Waals surface area (Å²) in [5.74, 6) is 0.611. The van der Waals surface area contributed by atoms with Crippen LogP contribution in [0.15, 0.2) is 30.6 Å². The Labute approximate surface area is 150 Å².